The molecule has 0 aliphatic heterocycles. The lowest BCUT2D eigenvalue weighted by atomic mass is 10.2. The predicted molar refractivity (Wildman–Crippen MR) is 60.9 cm³/mol. The van der Waals surface area contributed by atoms with Gasteiger partial charge in [0.05, 0.1) is 24.8 Å². The van der Waals surface area contributed by atoms with Crippen molar-refractivity contribution in [3.8, 4) is 0 Å². The molecule has 0 radical (unpaired) electrons. The quantitative estimate of drug-likeness (QED) is 0.592. The van der Waals surface area contributed by atoms with Gasteiger partial charge in [-0.05, 0) is 12.1 Å². The number of carbonyl (C=O) groups is 2. The van der Waals surface area contributed by atoms with Crippen LogP contribution in [0.1, 0.15) is 5.69 Å². The molecule has 0 spiro atoms. The molecule has 0 bridgehead atoms. The third-order valence-corrected chi connectivity index (χ3v) is 1.86. The highest BCUT2D eigenvalue weighted by molar-refractivity contribution is 5.78. The van der Waals surface area contributed by atoms with E-state index >= 15 is 0 Å². The molecule has 92 valence electrons. The maximum atomic E-state index is 11.4. The van der Waals surface area contributed by atoms with Crippen LogP contribution in [-0.2, 0) is 16.0 Å². The summed E-state index contributed by atoms with van der Waals surface area (Å²) in [6, 6.07) is 3.35. The number of amides is 2. The summed E-state index contributed by atoms with van der Waals surface area (Å²) in [5, 5.41) is 2.56. The molecule has 0 aromatic carbocycles. The second-order valence-corrected chi connectivity index (χ2v) is 3.28. The first-order valence-corrected chi connectivity index (χ1v) is 4.97. The Morgan fingerprint density at radius 1 is 1.41 bits per heavy atom. The van der Waals surface area contributed by atoms with Crippen molar-refractivity contribution in [3.05, 3.63) is 24.0 Å². The predicted octanol–water partition coefficient (Wildman–Crippen LogP) is -0.582. The number of nitrogens with one attached hydrogen (secondary N) is 1. The summed E-state index contributed by atoms with van der Waals surface area (Å²) in [6.45, 7) is 0.271. The van der Waals surface area contributed by atoms with Gasteiger partial charge in [0.15, 0.2) is 0 Å². The largest absolute Gasteiger partial charge is 0.448 e. The van der Waals surface area contributed by atoms with E-state index in [1.54, 1.807) is 12.1 Å². The van der Waals surface area contributed by atoms with Crippen molar-refractivity contribution in [2.45, 2.75) is 6.42 Å². The van der Waals surface area contributed by atoms with Crippen molar-refractivity contribution < 1.29 is 14.3 Å². The molecular weight excluding hydrogens is 224 g/mol. The highest BCUT2D eigenvalue weighted by Crippen LogP contribution is 2.01. The van der Waals surface area contributed by atoms with Crippen molar-refractivity contribution in [1.82, 2.24) is 10.3 Å². The lowest BCUT2D eigenvalue weighted by molar-refractivity contribution is -0.120. The number of hydrogen-bond donors (Lipinski definition) is 3. The molecule has 1 heterocycles. The van der Waals surface area contributed by atoms with Gasteiger partial charge in [-0.3, -0.25) is 9.78 Å². The second kappa shape index (κ2) is 6.31. The molecule has 0 unspecified atom stereocenters. The van der Waals surface area contributed by atoms with Crippen LogP contribution < -0.4 is 16.8 Å². The molecule has 0 saturated carbocycles. The molecule has 5 N–H and O–H groups in total. The fourth-order valence-corrected chi connectivity index (χ4v) is 1.11. The van der Waals surface area contributed by atoms with E-state index in [2.05, 4.69) is 15.0 Å². The second-order valence-electron chi connectivity index (χ2n) is 3.28. The number of primary amides is 1. The Morgan fingerprint density at radius 2 is 2.18 bits per heavy atom. The zero-order valence-corrected chi connectivity index (χ0v) is 9.18. The van der Waals surface area contributed by atoms with Crippen LogP contribution in [0.5, 0.6) is 0 Å². The zero-order chi connectivity index (χ0) is 12.7. The molecular formula is C10H14N4O3. The highest BCUT2D eigenvalue weighted by Gasteiger charge is 2.04. The summed E-state index contributed by atoms with van der Waals surface area (Å²) >= 11 is 0. The van der Waals surface area contributed by atoms with Crippen LogP contribution >= 0.6 is 0 Å². The van der Waals surface area contributed by atoms with E-state index in [4.69, 9.17) is 11.5 Å². The average Bonchev–Trinajstić information content (AvgIpc) is 2.27. The first kappa shape index (κ1) is 12.8. The molecule has 0 aliphatic rings. The first-order chi connectivity index (χ1) is 8.08. The average molecular weight is 238 g/mol. The lowest BCUT2D eigenvalue weighted by Gasteiger charge is -2.05. The van der Waals surface area contributed by atoms with Crippen LogP contribution in [-0.4, -0.2) is 30.1 Å². The zero-order valence-electron chi connectivity index (χ0n) is 9.18. The van der Waals surface area contributed by atoms with Gasteiger partial charge in [0.25, 0.3) is 0 Å². The molecule has 0 aliphatic carbocycles. The molecule has 1 rings (SSSR count). The van der Waals surface area contributed by atoms with Gasteiger partial charge in [-0.15, -0.1) is 0 Å². The highest BCUT2D eigenvalue weighted by atomic mass is 16.5. The molecule has 17 heavy (non-hydrogen) atoms. The minimum absolute atomic E-state index is 0.0518. The van der Waals surface area contributed by atoms with Crippen molar-refractivity contribution in [3.63, 3.8) is 0 Å². The van der Waals surface area contributed by atoms with E-state index in [-0.39, 0.29) is 25.5 Å². The number of anilines is 1. The van der Waals surface area contributed by atoms with Crippen LogP contribution in [0.4, 0.5) is 10.5 Å². The molecule has 0 fully saturated rings. The van der Waals surface area contributed by atoms with E-state index in [0.717, 1.165) is 0 Å². The third-order valence-electron chi connectivity index (χ3n) is 1.86. The van der Waals surface area contributed by atoms with E-state index in [9.17, 15) is 9.59 Å². The molecule has 0 atom stereocenters. The monoisotopic (exact) mass is 238 g/mol. The summed E-state index contributed by atoms with van der Waals surface area (Å²) in [5.41, 5.74) is 11.4. The summed E-state index contributed by atoms with van der Waals surface area (Å²) in [7, 11) is 0. The maximum Gasteiger partial charge on any atom is 0.404 e. The Balaban J connectivity index is 2.25. The molecule has 1 aromatic heterocycles. The van der Waals surface area contributed by atoms with Gasteiger partial charge >= 0.3 is 6.09 Å². The van der Waals surface area contributed by atoms with Crippen molar-refractivity contribution >= 4 is 17.7 Å². The molecule has 1 aromatic rings. The fourth-order valence-electron chi connectivity index (χ4n) is 1.11. The standard InChI is InChI=1S/C10H14N4O3/c11-7-1-2-8(14-6-7)5-9(15)13-3-4-17-10(12)16/h1-2,6H,3-5,11H2,(H2,12,16)(H,13,15). The summed E-state index contributed by atoms with van der Waals surface area (Å²) in [4.78, 5) is 25.6. The van der Waals surface area contributed by atoms with Crippen LogP contribution in [0.15, 0.2) is 18.3 Å². The van der Waals surface area contributed by atoms with Crippen LogP contribution in [0.25, 0.3) is 0 Å². The molecule has 7 heteroatoms. The van der Waals surface area contributed by atoms with Crippen LogP contribution in [0.2, 0.25) is 0 Å². The number of nitrogens with two attached hydrogens (primary N) is 2. The van der Waals surface area contributed by atoms with Gasteiger partial charge in [-0.1, -0.05) is 0 Å². The lowest BCUT2D eigenvalue weighted by Crippen LogP contribution is -2.30. The number of ether oxygens (including phenoxy) is 1. The van der Waals surface area contributed by atoms with Gasteiger partial charge in [0.2, 0.25) is 5.91 Å². The van der Waals surface area contributed by atoms with Crippen LogP contribution in [0.3, 0.4) is 0 Å². The van der Waals surface area contributed by atoms with Gasteiger partial charge in [-0.2, -0.15) is 0 Å². The first-order valence-electron chi connectivity index (χ1n) is 4.97. The number of hydrogen-bond acceptors (Lipinski definition) is 5. The third kappa shape index (κ3) is 5.36. The number of nitrogen functional groups attached to an aromatic ring is 1. The minimum atomic E-state index is -0.862. The molecule has 2 amide bonds. The number of aromatic nitrogens is 1. The Morgan fingerprint density at radius 3 is 2.76 bits per heavy atom. The number of pyridine rings is 1. The maximum absolute atomic E-state index is 11.4. The van der Waals surface area contributed by atoms with Crippen molar-refractivity contribution in [1.29, 1.82) is 0 Å². The van der Waals surface area contributed by atoms with Gasteiger partial charge < -0.3 is 21.5 Å². The number of carbonyl (C=O) groups excluding carboxylic acids is 2. The van der Waals surface area contributed by atoms with Crippen molar-refractivity contribution in [2.24, 2.45) is 5.73 Å². The van der Waals surface area contributed by atoms with Gasteiger partial charge in [0, 0.05) is 5.69 Å². The Hall–Kier alpha value is -2.31. The van der Waals surface area contributed by atoms with E-state index in [1.807, 2.05) is 0 Å². The fraction of sp³-hybridized carbons (Fsp3) is 0.300. The van der Waals surface area contributed by atoms with Gasteiger partial charge in [-0.25, -0.2) is 4.79 Å². The number of rotatable bonds is 5. The normalized spacial score (nSPS) is 9.65. The summed E-state index contributed by atoms with van der Waals surface area (Å²) in [5.74, 6) is -0.213. The van der Waals surface area contributed by atoms with E-state index in [0.29, 0.717) is 11.4 Å². The Labute approximate surface area is 98.1 Å². The van der Waals surface area contributed by atoms with Gasteiger partial charge in [0.1, 0.15) is 6.61 Å². The summed E-state index contributed by atoms with van der Waals surface area (Å²) < 4.78 is 4.45. The topological polar surface area (TPSA) is 120 Å². The number of nitrogens with zero attached hydrogens (tertiary/aromatic N) is 1. The van der Waals surface area contributed by atoms with Crippen molar-refractivity contribution in [2.75, 3.05) is 18.9 Å². The smallest absolute Gasteiger partial charge is 0.404 e. The Kier molecular flexibility index (Phi) is 4.74. The van der Waals surface area contributed by atoms with E-state index < -0.39 is 6.09 Å². The molecule has 7 nitrogen and oxygen atoms in total. The minimum Gasteiger partial charge on any atom is -0.448 e. The molecule has 0 saturated heterocycles. The van der Waals surface area contributed by atoms with Crippen LogP contribution in [0, 0.1) is 0 Å². The SMILES string of the molecule is NC(=O)OCCNC(=O)Cc1ccc(N)cn1. The van der Waals surface area contributed by atoms with E-state index in [1.165, 1.54) is 6.20 Å². The summed E-state index contributed by atoms with van der Waals surface area (Å²) in [6.07, 6.45) is 0.773. The Bertz CT molecular complexity index is 391.